The van der Waals surface area contributed by atoms with Crippen LogP contribution in [-0.4, -0.2) is 29.9 Å². The van der Waals surface area contributed by atoms with Gasteiger partial charge in [-0.15, -0.1) is 0 Å². The minimum Gasteiger partial charge on any atom is -0.491 e. The van der Waals surface area contributed by atoms with E-state index in [-0.39, 0.29) is 18.0 Å². The predicted molar refractivity (Wildman–Crippen MR) is 77.4 cm³/mol. The molecule has 1 aliphatic rings. The summed E-state index contributed by atoms with van der Waals surface area (Å²) in [5.74, 6) is -0.0266. The van der Waals surface area contributed by atoms with Crippen LogP contribution in [0.4, 0.5) is 4.39 Å². The molecule has 0 bridgehead atoms. The van der Waals surface area contributed by atoms with Gasteiger partial charge in [0, 0.05) is 11.6 Å². The standard InChI is InChI=1S/C16H24FNO2/c1-2-16(12-19,18-13-8-9-13)10-5-11-20-15-7-4-3-6-14(15)17/h3-4,6-7,13,18-19H,2,5,8-12H2,1H3. The number of benzene rings is 1. The van der Waals surface area contributed by atoms with E-state index in [1.54, 1.807) is 18.2 Å². The number of nitrogens with one attached hydrogen (secondary N) is 1. The summed E-state index contributed by atoms with van der Waals surface area (Å²) in [6.07, 6.45) is 4.92. The van der Waals surface area contributed by atoms with Gasteiger partial charge < -0.3 is 15.2 Å². The van der Waals surface area contributed by atoms with Crippen molar-refractivity contribution < 1.29 is 14.2 Å². The molecule has 20 heavy (non-hydrogen) atoms. The van der Waals surface area contributed by atoms with Crippen molar-refractivity contribution in [1.29, 1.82) is 0 Å². The Morgan fingerprint density at radius 3 is 2.75 bits per heavy atom. The average molecular weight is 281 g/mol. The molecular formula is C16H24FNO2. The predicted octanol–water partition coefficient (Wildman–Crippen LogP) is 2.88. The van der Waals surface area contributed by atoms with Crippen LogP contribution in [0.25, 0.3) is 0 Å². The summed E-state index contributed by atoms with van der Waals surface area (Å²) in [5.41, 5.74) is -0.209. The molecule has 1 aromatic rings. The van der Waals surface area contributed by atoms with Gasteiger partial charge in [-0.05, 0) is 44.2 Å². The van der Waals surface area contributed by atoms with Crippen LogP contribution in [0, 0.1) is 5.82 Å². The number of aliphatic hydroxyl groups is 1. The van der Waals surface area contributed by atoms with E-state index in [9.17, 15) is 9.50 Å². The Kier molecular flexibility index (Phi) is 5.38. The van der Waals surface area contributed by atoms with Gasteiger partial charge in [0.25, 0.3) is 0 Å². The number of rotatable bonds is 9. The molecule has 1 fully saturated rings. The molecule has 0 aromatic heterocycles. The number of aliphatic hydroxyl groups excluding tert-OH is 1. The Hall–Kier alpha value is -1.13. The van der Waals surface area contributed by atoms with Gasteiger partial charge in [0.15, 0.2) is 11.6 Å². The van der Waals surface area contributed by atoms with E-state index < -0.39 is 0 Å². The van der Waals surface area contributed by atoms with E-state index >= 15 is 0 Å². The van der Waals surface area contributed by atoms with Crippen molar-refractivity contribution in [2.24, 2.45) is 0 Å². The summed E-state index contributed by atoms with van der Waals surface area (Å²) >= 11 is 0. The largest absolute Gasteiger partial charge is 0.491 e. The minimum atomic E-state index is -0.326. The second-order valence-corrected chi connectivity index (χ2v) is 5.59. The number of ether oxygens (including phenoxy) is 1. The Labute approximate surface area is 120 Å². The summed E-state index contributed by atoms with van der Waals surface area (Å²) < 4.78 is 18.8. The van der Waals surface area contributed by atoms with Crippen molar-refractivity contribution in [1.82, 2.24) is 5.32 Å². The lowest BCUT2D eigenvalue weighted by molar-refractivity contribution is 0.135. The topological polar surface area (TPSA) is 41.5 Å². The molecule has 0 radical (unpaired) electrons. The molecule has 0 spiro atoms. The molecular weight excluding hydrogens is 257 g/mol. The fourth-order valence-electron chi connectivity index (χ4n) is 2.40. The smallest absolute Gasteiger partial charge is 0.165 e. The molecule has 0 heterocycles. The van der Waals surface area contributed by atoms with E-state index in [0.29, 0.717) is 18.4 Å². The Balaban J connectivity index is 1.77. The molecule has 1 saturated carbocycles. The van der Waals surface area contributed by atoms with Crippen molar-refractivity contribution in [3.63, 3.8) is 0 Å². The molecule has 3 nitrogen and oxygen atoms in total. The first-order valence-electron chi connectivity index (χ1n) is 7.45. The first-order chi connectivity index (χ1) is 9.69. The zero-order valence-corrected chi connectivity index (χ0v) is 12.1. The van der Waals surface area contributed by atoms with Crippen LogP contribution in [0.2, 0.25) is 0 Å². The quantitative estimate of drug-likeness (QED) is 0.684. The molecule has 4 heteroatoms. The fourth-order valence-corrected chi connectivity index (χ4v) is 2.40. The Bertz CT molecular complexity index is 417. The van der Waals surface area contributed by atoms with Gasteiger partial charge in [-0.1, -0.05) is 19.1 Å². The molecule has 0 amide bonds. The maximum atomic E-state index is 13.4. The number of para-hydroxylation sites is 1. The van der Waals surface area contributed by atoms with E-state index in [0.717, 1.165) is 19.3 Å². The van der Waals surface area contributed by atoms with Crippen molar-refractivity contribution in [3.05, 3.63) is 30.1 Å². The highest BCUT2D eigenvalue weighted by Crippen LogP contribution is 2.27. The van der Waals surface area contributed by atoms with E-state index in [2.05, 4.69) is 12.2 Å². The molecule has 1 aliphatic carbocycles. The average Bonchev–Trinajstić information content (AvgIpc) is 3.28. The molecule has 0 saturated heterocycles. The maximum Gasteiger partial charge on any atom is 0.165 e. The first kappa shape index (κ1) is 15.3. The second kappa shape index (κ2) is 7.04. The van der Waals surface area contributed by atoms with Gasteiger partial charge in [-0.3, -0.25) is 0 Å². The van der Waals surface area contributed by atoms with E-state index in [1.165, 1.54) is 18.9 Å². The monoisotopic (exact) mass is 281 g/mol. The van der Waals surface area contributed by atoms with Crippen LogP contribution in [0.15, 0.2) is 24.3 Å². The van der Waals surface area contributed by atoms with Gasteiger partial charge in [0.1, 0.15) is 0 Å². The maximum absolute atomic E-state index is 13.4. The molecule has 0 aliphatic heterocycles. The lowest BCUT2D eigenvalue weighted by Crippen LogP contribution is -2.49. The summed E-state index contributed by atoms with van der Waals surface area (Å²) in [4.78, 5) is 0. The summed E-state index contributed by atoms with van der Waals surface area (Å²) in [7, 11) is 0. The normalized spacial score (nSPS) is 17.8. The SMILES string of the molecule is CCC(CO)(CCCOc1ccccc1F)NC1CC1. The lowest BCUT2D eigenvalue weighted by Gasteiger charge is -2.32. The van der Waals surface area contributed by atoms with Gasteiger partial charge >= 0.3 is 0 Å². The van der Waals surface area contributed by atoms with Crippen molar-refractivity contribution in [2.45, 2.75) is 50.6 Å². The van der Waals surface area contributed by atoms with Gasteiger partial charge in [0.05, 0.1) is 13.2 Å². The second-order valence-electron chi connectivity index (χ2n) is 5.59. The van der Waals surface area contributed by atoms with E-state index in [1.807, 2.05) is 0 Å². The lowest BCUT2D eigenvalue weighted by atomic mass is 9.91. The molecule has 2 rings (SSSR count). The van der Waals surface area contributed by atoms with Gasteiger partial charge in [-0.25, -0.2) is 4.39 Å². The fraction of sp³-hybridized carbons (Fsp3) is 0.625. The minimum absolute atomic E-state index is 0.139. The number of halogens is 1. The summed E-state index contributed by atoms with van der Waals surface area (Å²) in [6.45, 7) is 2.69. The van der Waals surface area contributed by atoms with Crippen LogP contribution >= 0.6 is 0 Å². The Morgan fingerprint density at radius 1 is 1.40 bits per heavy atom. The van der Waals surface area contributed by atoms with Gasteiger partial charge in [0.2, 0.25) is 0 Å². The van der Waals surface area contributed by atoms with Crippen molar-refractivity contribution in [3.8, 4) is 5.75 Å². The highest BCUT2D eigenvalue weighted by Gasteiger charge is 2.33. The third kappa shape index (κ3) is 4.18. The number of hydrogen-bond acceptors (Lipinski definition) is 3. The molecule has 2 N–H and O–H groups in total. The zero-order valence-electron chi connectivity index (χ0n) is 12.1. The molecule has 1 atom stereocenters. The summed E-state index contributed by atoms with van der Waals surface area (Å²) in [6, 6.07) is 7.01. The Morgan fingerprint density at radius 2 is 2.15 bits per heavy atom. The highest BCUT2D eigenvalue weighted by atomic mass is 19.1. The molecule has 1 unspecified atom stereocenters. The van der Waals surface area contributed by atoms with Crippen molar-refractivity contribution in [2.75, 3.05) is 13.2 Å². The molecule has 1 aromatic carbocycles. The van der Waals surface area contributed by atoms with Crippen LogP contribution in [0.3, 0.4) is 0 Å². The van der Waals surface area contributed by atoms with Crippen LogP contribution < -0.4 is 10.1 Å². The van der Waals surface area contributed by atoms with Crippen LogP contribution in [-0.2, 0) is 0 Å². The first-order valence-corrected chi connectivity index (χ1v) is 7.45. The molecule has 112 valence electrons. The van der Waals surface area contributed by atoms with Crippen LogP contribution in [0.5, 0.6) is 5.75 Å². The third-order valence-electron chi connectivity index (χ3n) is 3.96. The number of hydrogen-bond donors (Lipinski definition) is 2. The zero-order chi connectivity index (χ0) is 14.4. The third-order valence-corrected chi connectivity index (χ3v) is 3.96. The van der Waals surface area contributed by atoms with Crippen LogP contribution in [0.1, 0.15) is 39.0 Å². The highest BCUT2D eigenvalue weighted by molar-refractivity contribution is 5.23. The van der Waals surface area contributed by atoms with E-state index in [4.69, 9.17) is 4.74 Å². The summed E-state index contributed by atoms with van der Waals surface area (Å²) in [5, 5.41) is 13.2. The van der Waals surface area contributed by atoms with Gasteiger partial charge in [-0.2, -0.15) is 0 Å². The van der Waals surface area contributed by atoms with Crippen molar-refractivity contribution >= 4 is 0 Å².